The Morgan fingerprint density at radius 1 is 0.935 bits per heavy atom. The number of carbonyl (C=O) groups is 2. The van der Waals surface area contributed by atoms with Gasteiger partial charge in [0.15, 0.2) is 0 Å². The number of nitrogens with one attached hydrogen (secondary N) is 2. The Kier molecular flexibility index (Phi) is 5.49. The van der Waals surface area contributed by atoms with Crippen molar-refractivity contribution in [2.45, 2.75) is 0 Å². The maximum atomic E-state index is 12.5. The van der Waals surface area contributed by atoms with E-state index in [0.717, 1.165) is 10.8 Å². The summed E-state index contributed by atoms with van der Waals surface area (Å²) in [6.07, 6.45) is 1.20. The fourth-order valence-electron chi connectivity index (χ4n) is 3.14. The Morgan fingerprint density at radius 3 is 2.42 bits per heavy atom. The molecule has 1 aromatic heterocycles. The van der Waals surface area contributed by atoms with Gasteiger partial charge >= 0.3 is 11.6 Å². The summed E-state index contributed by atoms with van der Waals surface area (Å²) in [5.41, 5.74) is 0.184. The average molecular weight is 414 g/mol. The maximum absolute atomic E-state index is 12.5. The molecular weight excluding hydrogens is 396 g/mol. The van der Waals surface area contributed by atoms with Crippen LogP contribution in [-0.2, 0) is 9.53 Å². The van der Waals surface area contributed by atoms with Gasteiger partial charge in [-0.2, -0.15) is 0 Å². The SMILES string of the molecule is COC(=O)/C(=C\Nc1cc2ccc3ccccc3c2oc1=O)NC(=O)c1ccccc1. The van der Waals surface area contributed by atoms with Gasteiger partial charge in [0.2, 0.25) is 0 Å². The smallest absolute Gasteiger partial charge is 0.360 e. The normalized spacial score (nSPS) is 11.3. The van der Waals surface area contributed by atoms with E-state index in [4.69, 9.17) is 9.15 Å². The standard InChI is InChI=1S/C24H18N2O5/c1-30-23(28)20(26-22(27)16-8-3-2-4-9-16)14-25-19-13-17-12-11-15-7-5-6-10-18(15)21(17)31-24(19)29/h2-14,25H,1H3,(H,26,27)/b20-14+. The van der Waals surface area contributed by atoms with Gasteiger partial charge in [-0.05, 0) is 23.6 Å². The number of esters is 1. The van der Waals surface area contributed by atoms with E-state index in [1.807, 2.05) is 36.4 Å². The van der Waals surface area contributed by atoms with Crippen LogP contribution in [0.4, 0.5) is 5.69 Å². The van der Waals surface area contributed by atoms with Crippen molar-refractivity contribution in [2.75, 3.05) is 12.4 Å². The van der Waals surface area contributed by atoms with Crippen molar-refractivity contribution in [3.63, 3.8) is 0 Å². The lowest BCUT2D eigenvalue weighted by Crippen LogP contribution is -2.29. The van der Waals surface area contributed by atoms with E-state index in [1.165, 1.54) is 13.3 Å². The van der Waals surface area contributed by atoms with Crippen LogP contribution < -0.4 is 16.3 Å². The fourth-order valence-corrected chi connectivity index (χ4v) is 3.14. The Hall–Kier alpha value is -4.39. The molecule has 4 aromatic rings. The van der Waals surface area contributed by atoms with Gasteiger partial charge in [-0.3, -0.25) is 4.79 Å². The van der Waals surface area contributed by atoms with Gasteiger partial charge in [0.05, 0.1) is 7.11 Å². The van der Waals surface area contributed by atoms with Crippen molar-refractivity contribution >= 4 is 39.3 Å². The second-order valence-corrected chi connectivity index (χ2v) is 6.67. The molecule has 154 valence electrons. The number of ether oxygens (including phenoxy) is 1. The topological polar surface area (TPSA) is 97.6 Å². The van der Waals surface area contributed by atoms with Crippen molar-refractivity contribution in [3.05, 3.63) is 101 Å². The number of fused-ring (bicyclic) bond motifs is 3. The van der Waals surface area contributed by atoms with Gasteiger partial charge in [0.1, 0.15) is 17.0 Å². The first kappa shape index (κ1) is 19.9. The molecule has 7 heteroatoms. The molecule has 0 spiro atoms. The molecule has 0 aliphatic heterocycles. The zero-order chi connectivity index (χ0) is 21.8. The van der Waals surface area contributed by atoms with Crippen molar-refractivity contribution in [2.24, 2.45) is 0 Å². The lowest BCUT2D eigenvalue weighted by Gasteiger charge is -2.09. The van der Waals surface area contributed by atoms with E-state index in [-0.39, 0.29) is 11.4 Å². The van der Waals surface area contributed by atoms with Crippen molar-refractivity contribution < 1.29 is 18.7 Å². The molecule has 0 unspecified atom stereocenters. The fraction of sp³-hybridized carbons (Fsp3) is 0.0417. The molecule has 7 nitrogen and oxygen atoms in total. The Balaban J connectivity index is 1.66. The molecule has 0 aliphatic rings. The van der Waals surface area contributed by atoms with Crippen molar-refractivity contribution in [1.82, 2.24) is 5.32 Å². The lowest BCUT2D eigenvalue weighted by atomic mass is 10.1. The minimum atomic E-state index is -0.770. The molecular formula is C24H18N2O5. The molecule has 2 N–H and O–H groups in total. The molecule has 3 aromatic carbocycles. The molecule has 0 bridgehead atoms. The third kappa shape index (κ3) is 4.16. The van der Waals surface area contributed by atoms with E-state index in [2.05, 4.69) is 10.6 Å². The zero-order valence-corrected chi connectivity index (χ0v) is 16.5. The largest absolute Gasteiger partial charge is 0.464 e. The van der Waals surface area contributed by atoms with Crippen LogP contribution in [0.25, 0.3) is 21.7 Å². The summed E-state index contributed by atoms with van der Waals surface area (Å²) in [6, 6.07) is 21.4. The van der Waals surface area contributed by atoms with E-state index in [0.29, 0.717) is 16.5 Å². The molecule has 0 atom stereocenters. The molecule has 0 aliphatic carbocycles. The molecule has 0 fully saturated rings. The summed E-state index contributed by atoms with van der Waals surface area (Å²) < 4.78 is 10.2. The highest BCUT2D eigenvalue weighted by molar-refractivity contribution is 6.04. The maximum Gasteiger partial charge on any atom is 0.360 e. The molecule has 0 saturated carbocycles. The summed E-state index contributed by atoms with van der Waals surface area (Å²) in [6.45, 7) is 0. The first-order valence-electron chi connectivity index (χ1n) is 9.44. The number of amides is 1. The second-order valence-electron chi connectivity index (χ2n) is 6.67. The first-order chi connectivity index (χ1) is 15.1. The van der Waals surface area contributed by atoms with Gasteiger partial charge in [0, 0.05) is 22.5 Å². The monoisotopic (exact) mass is 414 g/mol. The summed E-state index contributed by atoms with van der Waals surface area (Å²) >= 11 is 0. The minimum absolute atomic E-state index is 0.109. The number of methoxy groups -OCH3 is 1. The van der Waals surface area contributed by atoms with Crippen LogP contribution in [0.5, 0.6) is 0 Å². The average Bonchev–Trinajstić information content (AvgIpc) is 2.81. The van der Waals surface area contributed by atoms with Gasteiger partial charge in [0.25, 0.3) is 5.91 Å². The van der Waals surface area contributed by atoms with Gasteiger partial charge < -0.3 is 19.8 Å². The number of carbonyl (C=O) groups excluding carboxylic acids is 2. The highest BCUT2D eigenvalue weighted by atomic mass is 16.5. The quantitative estimate of drug-likeness (QED) is 0.223. The first-order valence-corrected chi connectivity index (χ1v) is 9.44. The van der Waals surface area contributed by atoms with Gasteiger partial charge in [-0.25, -0.2) is 9.59 Å². The number of rotatable bonds is 5. The van der Waals surface area contributed by atoms with Crippen LogP contribution in [0.3, 0.4) is 0 Å². The summed E-state index contributed by atoms with van der Waals surface area (Å²) in [7, 11) is 1.19. The molecule has 0 saturated heterocycles. The molecule has 4 rings (SSSR count). The third-order valence-corrected chi connectivity index (χ3v) is 4.69. The van der Waals surface area contributed by atoms with Crippen LogP contribution in [0, 0.1) is 0 Å². The number of hydrogen-bond donors (Lipinski definition) is 2. The minimum Gasteiger partial charge on any atom is -0.464 e. The third-order valence-electron chi connectivity index (χ3n) is 4.69. The van der Waals surface area contributed by atoms with E-state index in [9.17, 15) is 14.4 Å². The lowest BCUT2D eigenvalue weighted by molar-refractivity contribution is -0.136. The van der Waals surface area contributed by atoms with E-state index in [1.54, 1.807) is 36.4 Å². The van der Waals surface area contributed by atoms with Gasteiger partial charge in [-0.15, -0.1) is 0 Å². The van der Waals surface area contributed by atoms with Gasteiger partial charge in [-0.1, -0.05) is 54.6 Å². The number of hydrogen-bond acceptors (Lipinski definition) is 6. The summed E-state index contributed by atoms with van der Waals surface area (Å²) in [5.74, 6) is -1.26. The summed E-state index contributed by atoms with van der Waals surface area (Å²) in [4.78, 5) is 37.0. The molecule has 1 amide bonds. The van der Waals surface area contributed by atoms with E-state index < -0.39 is 17.5 Å². The van der Waals surface area contributed by atoms with Crippen molar-refractivity contribution in [3.8, 4) is 0 Å². The Morgan fingerprint density at radius 2 is 1.65 bits per heavy atom. The van der Waals surface area contributed by atoms with Crippen LogP contribution in [0.2, 0.25) is 0 Å². The highest BCUT2D eigenvalue weighted by Crippen LogP contribution is 2.25. The molecule has 1 heterocycles. The predicted molar refractivity (Wildman–Crippen MR) is 118 cm³/mol. The van der Waals surface area contributed by atoms with Crippen LogP contribution >= 0.6 is 0 Å². The van der Waals surface area contributed by atoms with Crippen LogP contribution in [-0.4, -0.2) is 19.0 Å². The van der Waals surface area contributed by atoms with Crippen LogP contribution in [0.15, 0.2) is 93.9 Å². The highest BCUT2D eigenvalue weighted by Gasteiger charge is 2.15. The van der Waals surface area contributed by atoms with E-state index >= 15 is 0 Å². The Bertz CT molecular complexity index is 1370. The van der Waals surface area contributed by atoms with Crippen LogP contribution in [0.1, 0.15) is 10.4 Å². The number of anilines is 1. The predicted octanol–water partition coefficient (Wildman–Crippen LogP) is 3.80. The summed E-state index contributed by atoms with van der Waals surface area (Å²) in [5, 5.41) is 7.72. The molecule has 0 radical (unpaired) electrons. The Labute approximate surface area is 176 Å². The zero-order valence-electron chi connectivity index (χ0n) is 16.5. The molecule has 31 heavy (non-hydrogen) atoms. The van der Waals surface area contributed by atoms with Crippen molar-refractivity contribution in [1.29, 1.82) is 0 Å². The number of benzene rings is 3. The second kappa shape index (κ2) is 8.54.